The van der Waals surface area contributed by atoms with Gasteiger partial charge in [0, 0.05) is 20.2 Å². The van der Waals surface area contributed by atoms with E-state index in [9.17, 15) is 4.79 Å². The molecule has 92 valence electrons. The number of rotatable bonds is 6. The van der Waals surface area contributed by atoms with E-state index in [-0.39, 0.29) is 5.91 Å². The Hall–Kier alpha value is -1.61. The molecule has 0 spiro atoms. The van der Waals surface area contributed by atoms with Crippen LogP contribution in [0.2, 0.25) is 0 Å². The third kappa shape index (κ3) is 4.83. The van der Waals surface area contributed by atoms with Crippen LogP contribution in [0.4, 0.5) is 0 Å². The number of carbonyl (C=O) groups is 1. The lowest BCUT2D eigenvalue weighted by Crippen LogP contribution is -2.32. The Morgan fingerprint density at radius 1 is 1.35 bits per heavy atom. The zero-order chi connectivity index (χ0) is 12.5. The molecule has 0 N–H and O–H groups in total. The van der Waals surface area contributed by atoms with Gasteiger partial charge in [-0.3, -0.25) is 4.79 Å². The van der Waals surface area contributed by atoms with Gasteiger partial charge in [-0.2, -0.15) is 0 Å². The van der Waals surface area contributed by atoms with Gasteiger partial charge in [0.25, 0.3) is 0 Å². The maximum Gasteiger partial charge on any atom is 0.246 e. The van der Waals surface area contributed by atoms with Crippen LogP contribution >= 0.6 is 0 Å². The van der Waals surface area contributed by atoms with Crippen LogP contribution in [0.3, 0.4) is 0 Å². The molecule has 0 saturated heterocycles. The Labute approximate surface area is 103 Å². The summed E-state index contributed by atoms with van der Waals surface area (Å²) >= 11 is 0. The van der Waals surface area contributed by atoms with Crippen LogP contribution in [0, 0.1) is 0 Å². The largest absolute Gasteiger partial charge is 0.383 e. The standard InChI is InChI=1S/C14H19NO2/c1-3-7-14(16)15(10-11-17-2)12-13-8-5-4-6-9-13/h3-9H,10-12H2,1-2H3/b7-3+. The molecule has 0 atom stereocenters. The van der Waals surface area contributed by atoms with Crippen molar-refractivity contribution in [3.05, 3.63) is 48.0 Å². The summed E-state index contributed by atoms with van der Waals surface area (Å²) in [5.41, 5.74) is 1.13. The number of nitrogens with zero attached hydrogens (tertiary/aromatic N) is 1. The van der Waals surface area contributed by atoms with E-state index in [2.05, 4.69) is 0 Å². The van der Waals surface area contributed by atoms with Gasteiger partial charge in [0.05, 0.1) is 6.61 Å². The first-order valence-corrected chi connectivity index (χ1v) is 5.72. The third-order valence-electron chi connectivity index (χ3n) is 2.40. The zero-order valence-corrected chi connectivity index (χ0v) is 10.4. The molecule has 0 aromatic heterocycles. The van der Waals surface area contributed by atoms with Crippen molar-refractivity contribution in [2.45, 2.75) is 13.5 Å². The van der Waals surface area contributed by atoms with Gasteiger partial charge < -0.3 is 9.64 Å². The first-order valence-electron chi connectivity index (χ1n) is 5.72. The quantitative estimate of drug-likeness (QED) is 0.705. The van der Waals surface area contributed by atoms with Crippen molar-refractivity contribution in [1.29, 1.82) is 0 Å². The molecule has 0 unspecified atom stereocenters. The molecular weight excluding hydrogens is 214 g/mol. The second-order valence-electron chi connectivity index (χ2n) is 3.74. The van der Waals surface area contributed by atoms with Crippen LogP contribution in [-0.4, -0.2) is 31.1 Å². The molecule has 0 radical (unpaired) electrons. The molecule has 3 heteroatoms. The monoisotopic (exact) mass is 233 g/mol. The summed E-state index contributed by atoms with van der Waals surface area (Å²) in [6.07, 6.45) is 3.34. The van der Waals surface area contributed by atoms with E-state index in [0.717, 1.165) is 5.56 Å². The van der Waals surface area contributed by atoms with Crippen LogP contribution in [0.5, 0.6) is 0 Å². The molecule has 0 fully saturated rings. The maximum absolute atomic E-state index is 11.8. The van der Waals surface area contributed by atoms with E-state index in [0.29, 0.717) is 19.7 Å². The van der Waals surface area contributed by atoms with E-state index < -0.39 is 0 Å². The van der Waals surface area contributed by atoms with Crippen molar-refractivity contribution in [3.63, 3.8) is 0 Å². The summed E-state index contributed by atoms with van der Waals surface area (Å²) < 4.78 is 5.02. The molecule has 3 nitrogen and oxygen atoms in total. The minimum absolute atomic E-state index is 0.0217. The van der Waals surface area contributed by atoms with Crippen molar-refractivity contribution < 1.29 is 9.53 Å². The number of hydrogen-bond donors (Lipinski definition) is 0. The summed E-state index contributed by atoms with van der Waals surface area (Å²) in [6, 6.07) is 9.95. The molecule has 0 aliphatic carbocycles. The fraction of sp³-hybridized carbons (Fsp3) is 0.357. The molecule has 1 aromatic rings. The Bertz CT molecular complexity index is 360. The second kappa shape index (κ2) is 7.63. The van der Waals surface area contributed by atoms with E-state index in [1.165, 1.54) is 0 Å². The highest BCUT2D eigenvalue weighted by Gasteiger charge is 2.10. The summed E-state index contributed by atoms with van der Waals surface area (Å²) in [5.74, 6) is 0.0217. The van der Waals surface area contributed by atoms with Gasteiger partial charge >= 0.3 is 0 Å². The van der Waals surface area contributed by atoms with E-state index in [1.54, 1.807) is 24.2 Å². The number of amides is 1. The molecule has 1 rings (SSSR count). The minimum Gasteiger partial charge on any atom is -0.383 e. The average molecular weight is 233 g/mol. The SMILES string of the molecule is C/C=C/C(=O)N(CCOC)Cc1ccccc1. The smallest absolute Gasteiger partial charge is 0.246 e. The van der Waals surface area contributed by atoms with Crippen molar-refractivity contribution in [2.75, 3.05) is 20.3 Å². The number of ether oxygens (including phenoxy) is 1. The average Bonchev–Trinajstić information content (AvgIpc) is 2.36. The number of carbonyl (C=O) groups excluding carboxylic acids is 1. The maximum atomic E-state index is 11.8. The van der Waals surface area contributed by atoms with Gasteiger partial charge in [-0.25, -0.2) is 0 Å². The van der Waals surface area contributed by atoms with Gasteiger partial charge in [-0.05, 0) is 18.6 Å². The lowest BCUT2D eigenvalue weighted by atomic mass is 10.2. The van der Waals surface area contributed by atoms with Crippen molar-refractivity contribution in [1.82, 2.24) is 4.90 Å². The molecule has 1 amide bonds. The van der Waals surface area contributed by atoms with Crippen LogP contribution in [0.15, 0.2) is 42.5 Å². The highest BCUT2D eigenvalue weighted by Crippen LogP contribution is 2.05. The van der Waals surface area contributed by atoms with E-state index in [4.69, 9.17) is 4.74 Å². The Morgan fingerprint density at radius 2 is 2.06 bits per heavy atom. The molecule has 0 heterocycles. The Morgan fingerprint density at radius 3 is 2.65 bits per heavy atom. The second-order valence-corrected chi connectivity index (χ2v) is 3.74. The number of methoxy groups -OCH3 is 1. The Balaban J connectivity index is 2.66. The van der Waals surface area contributed by atoms with E-state index >= 15 is 0 Å². The van der Waals surface area contributed by atoms with Gasteiger partial charge in [0.2, 0.25) is 5.91 Å². The molecule has 0 aliphatic rings. The van der Waals surface area contributed by atoms with Gasteiger partial charge in [0.1, 0.15) is 0 Å². The lowest BCUT2D eigenvalue weighted by Gasteiger charge is -2.20. The molecule has 0 saturated carbocycles. The number of benzene rings is 1. The highest BCUT2D eigenvalue weighted by atomic mass is 16.5. The molecular formula is C14H19NO2. The fourth-order valence-electron chi connectivity index (χ4n) is 1.52. The van der Waals surface area contributed by atoms with Crippen molar-refractivity contribution >= 4 is 5.91 Å². The molecule has 17 heavy (non-hydrogen) atoms. The van der Waals surface area contributed by atoms with Gasteiger partial charge in [-0.15, -0.1) is 0 Å². The summed E-state index contributed by atoms with van der Waals surface area (Å²) in [5, 5.41) is 0. The van der Waals surface area contributed by atoms with Crippen LogP contribution in [-0.2, 0) is 16.1 Å². The first kappa shape index (κ1) is 13.5. The van der Waals surface area contributed by atoms with Gasteiger partial charge in [0.15, 0.2) is 0 Å². The highest BCUT2D eigenvalue weighted by molar-refractivity contribution is 5.87. The molecule has 0 bridgehead atoms. The summed E-state index contributed by atoms with van der Waals surface area (Å²) in [6.45, 7) is 3.62. The molecule has 1 aromatic carbocycles. The predicted molar refractivity (Wildman–Crippen MR) is 68.5 cm³/mol. The topological polar surface area (TPSA) is 29.5 Å². The van der Waals surface area contributed by atoms with Gasteiger partial charge in [-0.1, -0.05) is 36.4 Å². The summed E-state index contributed by atoms with van der Waals surface area (Å²) in [4.78, 5) is 13.6. The minimum atomic E-state index is 0.0217. The van der Waals surface area contributed by atoms with Crippen LogP contribution < -0.4 is 0 Å². The normalized spacial score (nSPS) is 10.7. The first-order chi connectivity index (χ1) is 8.27. The zero-order valence-electron chi connectivity index (χ0n) is 10.4. The number of allylic oxidation sites excluding steroid dienone is 1. The third-order valence-corrected chi connectivity index (χ3v) is 2.40. The van der Waals surface area contributed by atoms with Crippen LogP contribution in [0.25, 0.3) is 0 Å². The summed E-state index contributed by atoms with van der Waals surface area (Å²) in [7, 11) is 1.64. The van der Waals surface area contributed by atoms with Crippen molar-refractivity contribution in [3.8, 4) is 0 Å². The Kier molecular flexibility index (Phi) is 6.04. The molecule has 0 aliphatic heterocycles. The predicted octanol–water partition coefficient (Wildman–Crippen LogP) is 2.24. The van der Waals surface area contributed by atoms with E-state index in [1.807, 2.05) is 37.3 Å². The number of hydrogen-bond acceptors (Lipinski definition) is 2. The fourth-order valence-corrected chi connectivity index (χ4v) is 1.52. The lowest BCUT2D eigenvalue weighted by molar-refractivity contribution is -0.127. The van der Waals surface area contributed by atoms with Crippen molar-refractivity contribution in [2.24, 2.45) is 0 Å². The van der Waals surface area contributed by atoms with Crippen LogP contribution in [0.1, 0.15) is 12.5 Å².